The van der Waals surface area contributed by atoms with E-state index in [1.165, 1.54) is 4.31 Å². The number of phenols is 1. The molecule has 0 fully saturated rings. The summed E-state index contributed by atoms with van der Waals surface area (Å²) in [5.41, 5.74) is 4.99. The maximum absolute atomic E-state index is 13.4. The van der Waals surface area contributed by atoms with Gasteiger partial charge in [0.05, 0.1) is 16.2 Å². The smallest absolute Gasteiger partial charge is 0.242 e. The van der Waals surface area contributed by atoms with Crippen LogP contribution in [0.4, 0.5) is 0 Å². The highest BCUT2D eigenvalue weighted by Gasteiger charge is 2.23. The standard InChI is InChI=1S/C29H30N6O3S/c1-33(2)17-6-18-34(3)39(37,38)25-10-5-7-22(20-25)26-13-16-31-29-27(23-8-4-9-24(36)19-23)28(32-35(26)29)21-11-14-30-15-12-21/h4-5,7-16,19-20,36H,6,17-18H2,1-3H3. The molecule has 0 saturated carbocycles. The molecule has 3 aromatic heterocycles. The molecule has 0 aliphatic carbocycles. The molecule has 5 aromatic rings. The number of hydrogen-bond acceptors (Lipinski definition) is 7. The fourth-order valence-corrected chi connectivity index (χ4v) is 5.78. The highest BCUT2D eigenvalue weighted by Crippen LogP contribution is 2.37. The second kappa shape index (κ2) is 10.9. The first-order chi connectivity index (χ1) is 18.8. The number of aromatic hydroxyl groups is 1. The van der Waals surface area contributed by atoms with E-state index in [1.807, 2.05) is 49.3 Å². The molecular formula is C29H30N6O3S. The monoisotopic (exact) mass is 542 g/mol. The van der Waals surface area contributed by atoms with Crippen molar-refractivity contribution in [2.24, 2.45) is 0 Å². The number of fused-ring (bicyclic) bond motifs is 1. The molecule has 0 amide bonds. The van der Waals surface area contributed by atoms with Crippen LogP contribution >= 0.6 is 0 Å². The molecule has 0 aliphatic heterocycles. The minimum Gasteiger partial charge on any atom is -0.508 e. The Labute approximate surface area is 228 Å². The lowest BCUT2D eigenvalue weighted by molar-refractivity contribution is 0.370. The lowest BCUT2D eigenvalue weighted by atomic mass is 10.0. The predicted octanol–water partition coefficient (Wildman–Crippen LogP) is 4.40. The number of pyridine rings is 1. The fourth-order valence-electron chi connectivity index (χ4n) is 4.53. The summed E-state index contributed by atoms with van der Waals surface area (Å²) in [5, 5.41) is 15.1. The van der Waals surface area contributed by atoms with E-state index in [9.17, 15) is 13.5 Å². The summed E-state index contributed by atoms with van der Waals surface area (Å²) in [4.78, 5) is 11.0. The van der Waals surface area contributed by atoms with Crippen molar-refractivity contribution >= 4 is 15.7 Å². The number of nitrogens with zero attached hydrogens (tertiary/aromatic N) is 6. The molecule has 0 bridgehead atoms. The van der Waals surface area contributed by atoms with E-state index in [4.69, 9.17) is 5.10 Å². The summed E-state index contributed by atoms with van der Waals surface area (Å²) in [6, 6.07) is 19.4. The molecule has 1 N–H and O–H groups in total. The average Bonchev–Trinajstić information content (AvgIpc) is 3.33. The molecule has 0 spiro atoms. The zero-order valence-corrected chi connectivity index (χ0v) is 22.9. The largest absolute Gasteiger partial charge is 0.508 e. The number of sulfonamides is 1. The van der Waals surface area contributed by atoms with Crippen LogP contribution in [0.25, 0.3) is 39.3 Å². The summed E-state index contributed by atoms with van der Waals surface area (Å²) in [7, 11) is 1.86. The van der Waals surface area contributed by atoms with Crippen molar-refractivity contribution in [2.45, 2.75) is 11.3 Å². The molecule has 0 aliphatic rings. The highest BCUT2D eigenvalue weighted by atomic mass is 32.2. The molecule has 3 heterocycles. The van der Waals surface area contributed by atoms with Gasteiger partial charge >= 0.3 is 0 Å². The van der Waals surface area contributed by atoms with E-state index in [-0.39, 0.29) is 10.6 Å². The van der Waals surface area contributed by atoms with E-state index in [1.54, 1.807) is 66.6 Å². The lowest BCUT2D eigenvalue weighted by Crippen LogP contribution is -2.29. The Hall–Kier alpha value is -4.12. The van der Waals surface area contributed by atoms with Gasteiger partial charge in [-0.1, -0.05) is 24.3 Å². The quantitative estimate of drug-likeness (QED) is 0.294. The zero-order chi connectivity index (χ0) is 27.6. The number of benzene rings is 2. The first kappa shape index (κ1) is 26.5. The molecular weight excluding hydrogens is 512 g/mol. The van der Waals surface area contributed by atoms with Gasteiger partial charge in [0.15, 0.2) is 5.65 Å². The molecule has 9 nitrogen and oxygen atoms in total. The Morgan fingerprint density at radius 3 is 2.33 bits per heavy atom. The van der Waals surface area contributed by atoms with Crippen molar-refractivity contribution in [3.8, 4) is 39.4 Å². The van der Waals surface area contributed by atoms with E-state index >= 15 is 0 Å². The van der Waals surface area contributed by atoms with E-state index < -0.39 is 10.0 Å². The maximum Gasteiger partial charge on any atom is 0.242 e. The molecule has 0 saturated heterocycles. The topological polar surface area (TPSA) is 104 Å². The van der Waals surface area contributed by atoms with Gasteiger partial charge in [-0.2, -0.15) is 5.10 Å². The van der Waals surface area contributed by atoms with Gasteiger partial charge in [0.25, 0.3) is 0 Å². The predicted molar refractivity (Wildman–Crippen MR) is 152 cm³/mol. The van der Waals surface area contributed by atoms with Crippen molar-refractivity contribution < 1.29 is 13.5 Å². The summed E-state index contributed by atoms with van der Waals surface area (Å²) >= 11 is 0. The molecule has 0 atom stereocenters. The van der Waals surface area contributed by atoms with Gasteiger partial charge < -0.3 is 10.0 Å². The number of phenolic OH excluding ortho intramolecular Hbond substituents is 1. The fraction of sp³-hybridized carbons (Fsp3) is 0.207. The first-order valence-corrected chi connectivity index (χ1v) is 14.0. The molecule has 2 aromatic carbocycles. The van der Waals surface area contributed by atoms with E-state index in [0.29, 0.717) is 29.1 Å². The molecule has 10 heteroatoms. The van der Waals surface area contributed by atoms with Gasteiger partial charge in [0.2, 0.25) is 10.0 Å². The van der Waals surface area contributed by atoms with Gasteiger partial charge in [-0.25, -0.2) is 22.2 Å². The number of rotatable bonds is 9. The van der Waals surface area contributed by atoms with Gasteiger partial charge in [-0.15, -0.1) is 0 Å². The zero-order valence-electron chi connectivity index (χ0n) is 22.1. The Kier molecular flexibility index (Phi) is 7.42. The van der Waals surface area contributed by atoms with Crippen LogP contribution in [0.1, 0.15) is 6.42 Å². The third-order valence-electron chi connectivity index (χ3n) is 6.52. The average molecular weight is 543 g/mol. The first-order valence-electron chi connectivity index (χ1n) is 12.5. The van der Waals surface area contributed by atoms with E-state index in [2.05, 4.69) is 9.97 Å². The minimum absolute atomic E-state index is 0.135. The van der Waals surface area contributed by atoms with Gasteiger partial charge in [-0.05, 0) is 75.1 Å². The van der Waals surface area contributed by atoms with Crippen molar-refractivity contribution in [3.63, 3.8) is 0 Å². The Morgan fingerprint density at radius 1 is 0.846 bits per heavy atom. The van der Waals surface area contributed by atoms with Crippen molar-refractivity contribution in [2.75, 3.05) is 34.2 Å². The molecule has 39 heavy (non-hydrogen) atoms. The summed E-state index contributed by atoms with van der Waals surface area (Å²) in [6.45, 7) is 1.22. The number of aromatic nitrogens is 4. The van der Waals surface area contributed by atoms with Crippen molar-refractivity contribution in [3.05, 3.63) is 85.3 Å². The lowest BCUT2D eigenvalue weighted by Gasteiger charge is -2.19. The Balaban J connectivity index is 1.63. The third-order valence-corrected chi connectivity index (χ3v) is 8.38. The molecule has 0 unspecified atom stereocenters. The van der Waals surface area contributed by atoms with Gasteiger partial charge in [0, 0.05) is 43.3 Å². The van der Waals surface area contributed by atoms with Crippen LogP contribution in [0.15, 0.2) is 90.2 Å². The molecule has 0 radical (unpaired) electrons. The van der Waals surface area contributed by atoms with Crippen LogP contribution in [0.3, 0.4) is 0 Å². The minimum atomic E-state index is -3.68. The highest BCUT2D eigenvalue weighted by molar-refractivity contribution is 7.89. The maximum atomic E-state index is 13.4. The molecule has 5 rings (SSSR count). The molecule has 200 valence electrons. The van der Waals surface area contributed by atoms with Crippen LogP contribution in [0.5, 0.6) is 5.75 Å². The van der Waals surface area contributed by atoms with Crippen LogP contribution < -0.4 is 0 Å². The second-order valence-electron chi connectivity index (χ2n) is 9.59. The Bertz CT molecular complexity index is 1720. The number of hydrogen-bond donors (Lipinski definition) is 1. The third kappa shape index (κ3) is 5.40. The van der Waals surface area contributed by atoms with E-state index in [0.717, 1.165) is 29.7 Å². The summed E-state index contributed by atoms with van der Waals surface area (Å²) in [5.74, 6) is 0.135. The van der Waals surface area contributed by atoms with Crippen molar-refractivity contribution in [1.29, 1.82) is 0 Å². The van der Waals surface area contributed by atoms with Gasteiger partial charge in [-0.3, -0.25) is 4.98 Å². The SMILES string of the molecule is CN(C)CCCN(C)S(=O)(=O)c1cccc(-c2ccnc3c(-c4cccc(O)c4)c(-c4ccncc4)nn23)c1. The van der Waals surface area contributed by atoms with Crippen LogP contribution in [0.2, 0.25) is 0 Å². The van der Waals surface area contributed by atoms with Crippen LogP contribution in [-0.4, -0.2) is 76.5 Å². The van der Waals surface area contributed by atoms with Crippen molar-refractivity contribution in [1.82, 2.24) is 28.8 Å². The van der Waals surface area contributed by atoms with Gasteiger partial charge in [0.1, 0.15) is 11.4 Å². The summed E-state index contributed by atoms with van der Waals surface area (Å²) in [6.07, 6.45) is 5.81. The van der Waals surface area contributed by atoms with Crippen LogP contribution in [-0.2, 0) is 10.0 Å². The normalized spacial score (nSPS) is 12.0. The Morgan fingerprint density at radius 2 is 1.59 bits per heavy atom. The van der Waals surface area contributed by atoms with Crippen LogP contribution in [0, 0.1) is 0 Å². The summed E-state index contributed by atoms with van der Waals surface area (Å²) < 4.78 is 29.8. The second-order valence-corrected chi connectivity index (χ2v) is 11.6.